The molecule has 2 aromatic rings. The minimum absolute atomic E-state index is 0.0239. The van der Waals surface area contributed by atoms with Crippen LogP contribution in [0, 0.1) is 22.7 Å². The number of carbonyl (C=O) groups excluding carboxylic acids is 1. The van der Waals surface area contributed by atoms with Crippen molar-refractivity contribution in [2.45, 2.75) is 52.9 Å². The fraction of sp³-hybridized carbons (Fsp3) is 0.542. The van der Waals surface area contributed by atoms with Gasteiger partial charge in [-0.05, 0) is 67.9 Å². The van der Waals surface area contributed by atoms with Crippen LogP contribution in [0.1, 0.15) is 52.0 Å². The number of carbonyl (C=O) groups is 1. The Balaban J connectivity index is 1.75. The third kappa shape index (κ3) is 2.82. The van der Waals surface area contributed by atoms with Crippen molar-refractivity contribution in [1.82, 2.24) is 4.98 Å². The molecule has 0 amide bonds. The molecule has 1 saturated carbocycles. The van der Waals surface area contributed by atoms with Gasteiger partial charge in [0.1, 0.15) is 0 Å². The molecule has 4 heteroatoms. The zero-order chi connectivity index (χ0) is 20.1. The lowest BCUT2D eigenvalue weighted by Crippen LogP contribution is -2.48. The van der Waals surface area contributed by atoms with E-state index in [9.17, 15) is 4.79 Å². The van der Waals surface area contributed by atoms with Crippen LogP contribution in [0.4, 0.5) is 0 Å². The van der Waals surface area contributed by atoms with Gasteiger partial charge >= 0.3 is 5.97 Å². The highest BCUT2D eigenvalue weighted by Gasteiger charge is 2.53. The van der Waals surface area contributed by atoms with Crippen molar-refractivity contribution in [2.24, 2.45) is 22.7 Å². The molecule has 2 aliphatic rings. The van der Waals surface area contributed by atoms with E-state index in [0.717, 1.165) is 42.6 Å². The number of nitrogens with one attached hydrogen (secondary N) is 1. The van der Waals surface area contributed by atoms with E-state index in [1.807, 2.05) is 12.1 Å². The summed E-state index contributed by atoms with van der Waals surface area (Å²) in [6, 6.07) is 6.09. The quantitative estimate of drug-likeness (QED) is 0.485. The summed E-state index contributed by atoms with van der Waals surface area (Å²) in [5.74, 6) is 0.765. The van der Waals surface area contributed by atoms with Gasteiger partial charge in [-0.25, -0.2) is 0 Å². The average Bonchev–Trinajstić information content (AvgIpc) is 3.09. The summed E-state index contributed by atoms with van der Waals surface area (Å²) < 4.78 is 5.23. The molecule has 1 N–H and O–H groups in total. The lowest BCUT2D eigenvalue weighted by atomic mass is 9.51. The van der Waals surface area contributed by atoms with Crippen LogP contribution < -0.4 is 0 Å². The number of H-pyrrole nitrogens is 1. The van der Waals surface area contributed by atoms with E-state index in [0.29, 0.717) is 5.92 Å². The highest BCUT2D eigenvalue weighted by Crippen LogP contribution is 2.58. The van der Waals surface area contributed by atoms with Gasteiger partial charge < -0.3 is 9.72 Å². The second-order valence-corrected chi connectivity index (χ2v) is 9.62. The van der Waals surface area contributed by atoms with Gasteiger partial charge in [0.25, 0.3) is 0 Å². The Bertz CT molecular complexity index is 945. The molecule has 28 heavy (non-hydrogen) atoms. The molecule has 1 aromatic carbocycles. The maximum Gasteiger partial charge on any atom is 0.312 e. The summed E-state index contributed by atoms with van der Waals surface area (Å²) in [7, 11) is 1.52. The Kier molecular flexibility index (Phi) is 4.86. The van der Waals surface area contributed by atoms with Crippen molar-refractivity contribution in [1.29, 1.82) is 0 Å². The highest BCUT2D eigenvalue weighted by atomic mass is 35.5. The number of aromatic amines is 1. The van der Waals surface area contributed by atoms with Crippen LogP contribution in [0.2, 0.25) is 5.02 Å². The zero-order valence-corrected chi connectivity index (χ0v) is 18.0. The van der Waals surface area contributed by atoms with Crippen LogP contribution in [0.5, 0.6) is 0 Å². The van der Waals surface area contributed by atoms with E-state index in [-0.39, 0.29) is 17.3 Å². The number of ether oxygens (including phenoxy) is 1. The molecule has 4 rings (SSSR count). The van der Waals surface area contributed by atoms with E-state index in [2.05, 4.69) is 44.1 Å². The summed E-state index contributed by atoms with van der Waals surface area (Å²) in [6.45, 7) is 6.86. The molecule has 0 bridgehead atoms. The zero-order valence-electron chi connectivity index (χ0n) is 17.3. The van der Waals surface area contributed by atoms with Crippen molar-refractivity contribution >= 4 is 28.5 Å². The molecule has 1 fully saturated rings. The van der Waals surface area contributed by atoms with Gasteiger partial charge in [0.2, 0.25) is 0 Å². The Labute approximate surface area is 172 Å². The number of fused-ring (bicyclic) bond motifs is 2. The number of benzene rings is 1. The number of hydrogen-bond acceptors (Lipinski definition) is 2. The lowest BCUT2D eigenvalue weighted by molar-refractivity contribution is -0.156. The van der Waals surface area contributed by atoms with Crippen LogP contribution in [-0.4, -0.2) is 18.1 Å². The number of methoxy groups -OCH3 is 1. The Morgan fingerprint density at radius 2 is 2.11 bits per heavy atom. The van der Waals surface area contributed by atoms with Crippen molar-refractivity contribution in [3.05, 3.63) is 46.6 Å². The average molecular weight is 400 g/mol. The number of rotatable bonds is 3. The molecule has 150 valence electrons. The first-order valence-corrected chi connectivity index (χ1v) is 10.7. The molecular formula is C24H30ClNO2. The minimum Gasteiger partial charge on any atom is -0.469 e. The molecule has 0 radical (unpaired) electrons. The van der Waals surface area contributed by atoms with Crippen LogP contribution >= 0.6 is 11.6 Å². The highest BCUT2D eigenvalue weighted by molar-refractivity contribution is 6.35. The third-order valence-electron chi connectivity index (χ3n) is 7.77. The fourth-order valence-corrected chi connectivity index (χ4v) is 6.01. The van der Waals surface area contributed by atoms with E-state index < -0.39 is 5.41 Å². The molecule has 1 heterocycles. The maximum absolute atomic E-state index is 12.7. The number of halogens is 1. The molecule has 2 aliphatic carbocycles. The molecule has 1 aromatic heterocycles. The topological polar surface area (TPSA) is 42.1 Å². The van der Waals surface area contributed by atoms with Gasteiger partial charge in [0.05, 0.1) is 23.1 Å². The van der Waals surface area contributed by atoms with Crippen molar-refractivity contribution < 1.29 is 9.53 Å². The van der Waals surface area contributed by atoms with Gasteiger partial charge in [-0.2, -0.15) is 0 Å². The number of allylic oxidation sites excluding steroid dienone is 2. The summed E-state index contributed by atoms with van der Waals surface area (Å²) in [5.41, 5.74) is 3.39. The first-order valence-electron chi connectivity index (χ1n) is 10.3. The Morgan fingerprint density at radius 3 is 2.86 bits per heavy atom. The molecular weight excluding hydrogens is 370 g/mol. The van der Waals surface area contributed by atoms with Gasteiger partial charge in [-0.1, -0.05) is 49.2 Å². The number of aromatic nitrogens is 1. The largest absolute Gasteiger partial charge is 0.469 e. The van der Waals surface area contributed by atoms with Crippen molar-refractivity contribution in [3.8, 4) is 0 Å². The van der Waals surface area contributed by atoms with E-state index in [1.54, 1.807) is 0 Å². The Hall–Kier alpha value is -1.74. The van der Waals surface area contributed by atoms with Crippen molar-refractivity contribution in [2.75, 3.05) is 7.11 Å². The SMILES string of the molecule is COC(=O)[C@@]1(C)CCC=C2[C@@H]1CC[C@@H](C)[C@]2(C)Cc1c[nH]c2c(Cl)cccc12. The van der Waals surface area contributed by atoms with Crippen molar-refractivity contribution in [3.63, 3.8) is 0 Å². The normalized spacial score (nSPS) is 32.7. The predicted molar refractivity (Wildman–Crippen MR) is 114 cm³/mol. The summed E-state index contributed by atoms with van der Waals surface area (Å²) in [4.78, 5) is 16.1. The molecule has 0 unspecified atom stereocenters. The van der Waals surface area contributed by atoms with Gasteiger partial charge in [0.15, 0.2) is 0 Å². The fourth-order valence-electron chi connectivity index (χ4n) is 5.78. The van der Waals surface area contributed by atoms with E-state index in [1.165, 1.54) is 23.6 Å². The molecule has 0 spiro atoms. The molecule has 4 atom stereocenters. The summed E-state index contributed by atoms with van der Waals surface area (Å²) in [6.07, 6.45) is 9.50. The van der Waals surface area contributed by atoms with Crippen LogP contribution in [0.25, 0.3) is 10.9 Å². The van der Waals surface area contributed by atoms with Gasteiger partial charge in [-0.3, -0.25) is 4.79 Å². The Morgan fingerprint density at radius 1 is 1.32 bits per heavy atom. The maximum atomic E-state index is 12.7. The lowest BCUT2D eigenvalue weighted by Gasteiger charge is -2.52. The molecule has 0 aliphatic heterocycles. The number of para-hydroxylation sites is 1. The first-order chi connectivity index (χ1) is 13.3. The summed E-state index contributed by atoms with van der Waals surface area (Å²) >= 11 is 6.38. The van der Waals surface area contributed by atoms with Gasteiger partial charge in [0, 0.05) is 11.6 Å². The summed E-state index contributed by atoms with van der Waals surface area (Å²) in [5, 5.41) is 1.97. The third-order valence-corrected chi connectivity index (χ3v) is 8.08. The monoisotopic (exact) mass is 399 g/mol. The second kappa shape index (κ2) is 6.95. The number of hydrogen-bond donors (Lipinski definition) is 1. The van der Waals surface area contributed by atoms with Crippen LogP contribution in [-0.2, 0) is 16.0 Å². The minimum atomic E-state index is -0.413. The van der Waals surface area contributed by atoms with Crippen LogP contribution in [0.15, 0.2) is 36.0 Å². The smallest absolute Gasteiger partial charge is 0.312 e. The number of esters is 1. The molecule has 3 nitrogen and oxygen atoms in total. The predicted octanol–water partition coefficient (Wildman–Crippen LogP) is 6.32. The first kappa shape index (κ1) is 19.6. The van der Waals surface area contributed by atoms with Gasteiger partial charge in [-0.15, -0.1) is 0 Å². The standard InChI is InChI=1S/C24H30ClNO2/c1-15-10-11-19-18(8-6-12-23(19,2)22(27)28-4)24(15,3)13-16-14-26-21-17(16)7-5-9-20(21)25/h5,7-9,14-15,19,26H,6,10-13H2,1-4H3/t15-,19+,23+,24+/m1/s1. The van der Waals surface area contributed by atoms with E-state index in [4.69, 9.17) is 16.3 Å². The van der Waals surface area contributed by atoms with E-state index >= 15 is 0 Å². The molecule has 0 saturated heterocycles. The van der Waals surface area contributed by atoms with Crippen LogP contribution in [0.3, 0.4) is 0 Å². The second-order valence-electron chi connectivity index (χ2n) is 9.21.